The molecule has 1 fully saturated rings. The Hall–Kier alpha value is -4.91. The molecule has 256 valence electrons. The number of fused-ring (bicyclic) bond motifs is 4. The molecule has 2 aliphatic heterocycles. The van der Waals surface area contributed by atoms with Crippen LogP contribution in [0.25, 0.3) is 11.3 Å². The summed E-state index contributed by atoms with van der Waals surface area (Å²) in [6.07, 6.45) is 4.83. The van der Waals surface area contributed by atoms with Gasteiger partial charge in [-0.05, 0) is 68.4 Å². The van der Waals surface area contributed by atoms with Crippen molar-refractivity contribution in [1.29, 1.82) is 0 Å². The highest BCUT2D eigenvalue weighted by molar-refractivity contribution is 7.92. The van der Waals surface area contributed by atoms with Crippen molar-refractivity contribution in [2.24, 2.45) is 5.41 Å². The Balaban J connectivity index is 1.47. The third kappa shape index (κ3) is 7.41. The number of nitrogens with zero attached hydrogens (tertiary/aromatic N) is 6. The molecule has 4 bridgehead atoms. The molecule has 2 aromatic heterocycles. The van der Waals surface area contributed by atoms with Crippen molar-refractivity contribution < 1.29 is 22.7 Å². The van der Waals surface area contributed by atoms with Crippen LogP contribution in [-0.4, -0.2) is 63.8 Å². The lowest BCUT2D eigenvalue weighted by atomic mass is 9.87. The number of nitrogens with one attached hydrogen (secondary N) is 1. The van der Waals surface area contributed by atoms with Gasteiger partial charge >= 0.3 is 0 Å². The van der Waals surface area contributed by atoms with Crippen molar-refractivity contribution in [3.8, 4) is 17.1 Å². The molecule has 0 unspecified atom stereocenters. The standard InChI is InChI=1S/C36H41N7O5S/c1-22-9-7-10-23(2)33(22)29-16-31-40-35(39-29)41-49(46,47)28-12-8-11-25(15-28)34(45)42(27(21-48-31)17-36(4,5)6)20-26-18-37-19-30(38-26)43-24(3)13-14-32(43)44/h7-12,15-16,18-19,24,27H,13-14,17,20-21H2,1-6H3,(H,39,40,41)/t24-,27-/m1/s1. The SMILES string of the molecule is Cc1cccc(C)c1-c1cc2nc(n1)NS(=O)(=O)c1cccc(c1)C(=O)N(Cc1cncc(N3C(=O)CC[C@H]3C)n1)[C@H](CC(C)(C)C)CO2. The van der Waals surface area contributed by atoms with Gasteiger partial charge in [0.25, 0.3) is 15.9 Å². The van der Waals surface area contributed by atoms with Crippen LogP contribution >= 0.6 is 0 Å². The molecule has 2 aromatic carbocycles. The van der Waals surface area contributed by atoms with E-state index in [0.717, 1.165) is 23.1 Å². The number of benzene rings is 2. The molecule has 0 aliphatic carbocycles. The van der Waals surface area contributed by atoms with Gasteiger partial charge in [-0.3, -0.25) is 19.5 Å². The van der Waals surface area contributed by atoms with Crippen molar-refractivity contribution in [3.05, 3.63) is 83.3 Å². The number of hydrogen-bond acceptors (Lipinski definition) is 9. The second-order valence-electron chi connectivity index (χ2n) is 14.0. The predicted octanol–water partition coefficient (Wildman–Crippen LogP) is 5.71. The fraction of sp³-hybridized carbons (Fsp3) is 0.389. The number of aryl methyl sites for hydroxylation is 2. The first-order valence-electron chi connectivity index (χ1n) is 16.3. The van der Waals surface area contributed by atoms with Crippen LogP contribution in [0.5, 0.6) is 5.88 Å². The van der Waals surface area contributed by atoms with Crippen molar-refractivity contribution in [1.82, 2.24) is 24.8 Å². The summed E-state index contributed by atoms with van der Waals surface area (Å²) < 4.78 is 36.3. The zero-order valence-electron chi connectivity index (χ0n) is 28.6. The van der Waals surface area contributed by atoms with E-state index < -0.39 is 22.0 Å². The fourth-order valence-electron chi connectivity index (χ4n) is 6.49. The molecule has 12 nitrogen and oxygen atoms in total. The Kier molecular flexibility index (Phi) is 9.14. The molecule has 0 radical (unpaired) electrons. The van der Waals surface area contributed by atoms with Gasteiger partial charge in [-0.15, -0.1) is 0 Å². The van der Waals surface area contributed by atoms with E-state index in [1.165, 1.54) is 18.2 Å². The van der Waals surface area contributed by atoms with E-state index in [1.807, 2.05) is 39.0 Å². The minimum atomic E-state index is -4.21. The van der Waals surface area contributed by atoms with Crippen molar-refractivity contribution in [3.63, 3.8) is 0 Å². The second-order valence-corrected chi connectivity index (χ2v) is 15.7. The molecule has 4 heterocycles. The maximum atomic E-state index is 14.5. The molecule has 1 saturated heterocycles. The summed E-state index contributed by atoms with van der Waals surface area (Å²) >= 11 is 0. The lowest BCUT2D eigenvalue weighted by Gasteiger charge is -2.35. The average molecular weight is 684 g/mol. The van der Waals surface area contributed by atoms with Gasteiger partial charge in [0, 0.05) is 29.7 Å². The maximum Gasteiger partial charge on any atom is 0.264 e. The third-order valence-corrected chi connectivity index (χ3v) is 10.1. The number of rotatable bonds is 5. The van der Waals surface area contributed by atoms with E-state index in [2.05, 4.69) is 40.4 Å². The first kappa shape index (κ1) is 34.0. The number of carbonyl (C=O) groups is 2. The largest absolute Gasteiger partial charge is 0.475 e. The summed E-state index contributed by atoms with van der Waals surface area (Å²) in [7, 11) is -4.21. The van der Waals surface area contributed by atoms with Gasteiger partial charge in [-0.25, -0.2) is 23.1 Å². The molecule has 0 saturated carbocycles. The smallest absolute Gasteiger partial charge is 0.264 e. The Morgan fingerprint density at radius 3 is 2.41 bits per heavy atom. The quantitative estimate of drug-likeness (QED) is 0.280. The minimum absolute atomic E-state index is 0.0179. The predicted molar refractivity (Wildman–Crippen MR) is 186 cm³/mol. The van der Waals surface area contributed by atoms with E-state index in [0.29, 0.717) is 30.0 Å². The van der Waals surface area contributed by atoms with E-state index in [9.17, 15) is 18.0 Å². The van der Waals surface area contributed by atoms with Crippen LogP contribution in [0.1, 0.15) is 74.1 Å². The second kappa shape index (κ2) is 13.2. The van der Waals surface area contributed by atoms with Crippen LogP contribution < -0.4 is 14.4 Å². The molecule has 0 spiro atoms. The first-order valence-corrected chi connectivity index (χ1v) is 17.8. The summed E-state index contributed by atoms with van der Waals surface area (Å²) in [5.41, 5.74) is 3.68. The molecular formula is C36H41N7O5S. The Morgan fingerprint density at radius 1 is 0.980 bits per heavy atom. The summed E-state index contributed by atoms with van der Waals surface area (Å²) in [4.78, 5) is 48.6. The third-order valence-electron chi connectivity index (χ3n) is 8.77. The van der Waals surface area contributed by atoms with Gasteiger partial charge in [-0.2, -0.15) is 4.98 Å². The lowest BCUT2D eigenvalue weighted by Crippen LogP contribution is -2.45. The highest BCUT2D eigenvalue weighted by Crippen LogP contribution is 2.32. The molecule has 6 rings (SSSR count). The molecule has 4 aromatic rings. The Morgan fingerprint density at radius 2 is 1.71 bits per heavy atom. The van der Waals surface area contributed by atoms with Crippen LogP contribution in [0, 0.1) is 19.3 Å². The molecule has 49 heavy (non-hydrogen) atoms. The summed E-state index contributed by atoms with van der Waals surface area (Å²) in [5, 5.41) is 0. The van der Waals surface area contributed by atoms with Crippen LogP contribution in [-0.2, 0) is 21.4 Å². The highest BCUT2D eigenvalue weighted by Gasteiger charge is 2.33. The van der Waals surface area contributed by atoms with E-state index in [-0.39, 0.29) is 52.8 Å². The summed E-state index contributed by atoms with van der Waals surface area (Å²) in [6, 6.07) is 13.0. The first-order chi connectivity index (χ1) is 23.2. The van der Waals surface area contributed by atoms with Gasteiger partial charge in [0.1, 0.15) is 6.61 Å². The molecule has 2 amide bonds. The van der Waals surface area contributed by atoms with Crippen LogP contribution in [0.4, 0.5) is 11.8 Å². The molecule has 2 aliphatic rings. The van der Waals surface area contributed by atoms with Crippen molar-refractivity contribution in [2.45, 2.75) is 84.3 Å². The van der Waals surface area contributed by atoms with Crippen LogP contribution in [0.15, 0.2) is 65.8 Å². The normalized spacial score (nSPS) is 19.4. The Labute approximate surface area is 287 Å². The van der Waals surface area contributed by atoms with Crippen LogP contribution in [0.3, 0.4) is 0 Å². The Bertz CT molecular complexity index is 2010. The number of anilines is 2. The van der Waals surface area contributed by atoms with Crippen LogP contribution in [0.2, 0.25) is 0 Å². The number of amides is 2. The topological polar surface area (TPSA) is 148 Å². The maximum absolute atomic E-state index is 14.5. The lowest BCUT2D eigenvalue weighted by molar-refractivity contribution is -0.117. The number of hydrogen-bond donors (Lipinski definition) is 1. The zero-order valence-corrected chi connectivity index (χ0v) is 29.4. The number of ether oxygens (including phenoxy) is 1. The molecule has 2 atom stereocenters. The van der Waals surface area contributed by atoms with Gasteiger partial charge in [0.05, 0.1) is 41.3 Å². The van der Waals surface area contributed by atoms with Gasteiger partial charge in [-0.1, -0.05) is 45.0 Å². The summed E-state index contributed by atoms with van der Waals surface area (Å²) in [6.45, 7) is 12.2. The fourth-order valence-corrected chi connectivity index (χ4v) is 7.48. The molecule has 13 heteroatoms. The monoisotopic (exact) mass is 683 g/mol. The van der Waals surface area contributed by atoms with E-state index in [1.54, 1.807) is 34.3 Å². The summed E-state index contributed by atoms with van der Waals surface area (Å²) in [5.74, 6) is 0.0220. The zero-order chi connectivity index (χ0) is 35.1. The molecule has 1 N–H and O–H groups in total. The van der Waals surface area contributed by atoms with Gasteiger partial charge < -0.3 is 9.64 Å². The number of carbonyl (C=O) groups excluding carboxylic acids is 2. The van der Waals surface area contributed by atoms with Crippen molar-refractivity contribution >= 4 is 33.6 Å². The number of sulfonamides is 1. The number of aromatic nitrogens is 4. The van der Waals surface area contributed by atoms with Gasteiger partial charge in [0.15, 0.2) is 5.82 Å². The van der Waals surface area contributed by atoms with Gasteiger partial charge in [0.2, 0.25) is 17.7 Å². The minimum Gasteiger partial charge on any atom is -0.475 e. The highest BCUT2D eigenvalue weighted by atomic mass is 32.2. The average Bonchev–Trinajstić information content (AvgIpc) is 3.38. The molecular weight excluding hydrogens is 643 g/mol. The van der Waals surface area contributed by atoms with Crippen molar-refractivity contribution in [2.75, 3.05) is 16.2 Å². The van der Waals surface area contributed by atoms with E-state index >= 15 is 0 Å². The van der Waals surface area contributed by atoms with E-state index in [4.69, 9.17) is 9.72 Å².